The van der Waals surface area contributed by atoms with Crippen molar-refractivity contribution in [1.29, 1.82) is 0 Å². The third-order valence-corrected chi connectivity index (χ3v) is 22.0. The molecule has 3 aliphatic carbocycles. The lowest BCUT2D eigenvalue weighted by molar-refractivity contribution is 0.661. The van der Waals surface area contributed by atoms with Crippen LogP contribution in [-0.2, 0) is 16.2 Å². The van der Waals surface area contributed by atoms with Crippen LogP contribution in [0.1, 0.15) is 74.9 Å². The fraction of sp³-hybridized carbons (Fsp3) is 0.101. The first-order valence-electron chi connectivity index (χ1n) is 33.0. The largest absolute Gasteiger partial charge is 0.309 e. The Labute approximate surface area is 545 Å². The van der Waals surface area contributed by atoms with Crippen LogP contribution in [0.15, 0.2) is 273 Å². The number of aromatic nitrogens is 5. The minimum Gasteiger partial charge on any atom is -0.309 e. The maximum absolute atomic E-state index is 5.70. The highest BCUT2D eigenvalue weighted by Crippen LogP contribution is 2.55. The maximum atomic E-state index is 5.70. The summed E-state index contributed by atoms with van der Waals surface area (Å²) < 4.78 is 7.35. The Morgan fingerprint density at radius 1 is 0.234 bits per heavy atom. The highest BCUT2D eigenvalue weighted by Gasteiger charge is 2.39. The second-order valence-corrected chi connectivity index (χ2v) is 28.1. The van der Waals surface area contributed by atoms with Gasteiger partial charge in [0.05, 0.1) is 44.3 Å². The van der Waals surface area contributed by atoms with Crippen molar-refractivity contribution in [2.75, 3.05) is 0 Å². The summed E-state index contributed by atoms with van der Waals surface area (Å²) in [5, 5.41) is 8.53. The Hall–Kier alpha value is -11.4. The molecule has 0 radical (unpaired) electrons. The minimum absolute atomic E-state index is 0.0905. The van der Waals surface area contributed by atoms with E-state index in [4.69, 9.17) is 9.97 Å². The molecule has 444 valence electrons. The topological polar surface area (TPSA) is 40.6 Å². The van der Waals surface area contributed by atoms with Gasteiger partial charge < -0.3 is 13.7 Å². The highest BCUT2D eigenvalue weighted by atomic mass is 15.0. The van der Waals surface area contributed by atoms with Gasteiger partial charge in [-0.1, -0.05) is 199 Å². The van der Waals surface area contributed by atoms with Crippen LogP contribution in [0, 0.1) is 0 Å². The van der Waals surface area contributed by atoms with Gasteiger partial charge in [-0.25, -0.2) is 9.97 Å². The van der Waals surface area contributed by atoms with Gasteiger partial charge in [0.15, 0.2) is 5.82 Å². The summed E-state index contributed by atoms with van der Waals surface area (Å²) in [6.45, 7) is 14.2. The summed E-state index contributed by atoms with van der Waals surface area (Å²) in [6.07, 6.45) is 0. The summed E-state index contributed by atoms with van der Waals surface area (Å²) in [7, 11) is 0. The van der Waals surface area contributed by atoms with E-state index in [1.165, 1.54) is 132 Å². The Balaban J connectivity index is 0.740. The first-order valence-corrected chi connectivity index (χ1v) is 33.0. The molecule has 13 aromatic carbocycles. The summed E-state index contributed by atoms with van der Waals surface area (Å²) in [5.41, 5.74) is 32.2. The molecule has 17 aromatic rings. The number of para-hydroxylation sites is 3. The van der Waals surface area contributed by atoms with Gasteiger partial charge in [-0.2, -0.15) is 0 Å². The van der Waals surface area contributed by atoms with Crippen LogP contribution in [0.4, 0.5) is 0 Å². The number of hydrogen-bond acceptors (Lipinski definition) is 2. The van der Waals surface area contributed by atoms with E-state index in [9.17, 15) is 0 Å². The lowest BCUT2D eigenvalue weighted by atomic mass is 9.82. The number of rotatable bonds is 6. The molecule has 0 bridgehead atoms. The Kier molecular flexibility index (Phi) is 10.7. The van der Waals surface area contributed by atoms with Gasteiger partial charge in [0.25, 0.3) is 0 Å². The van der Waals surface area contributed by atoms with Crippen molar-refractivity contribution in [3.8, 4) is 84.2 Å². The van der Waals surface area contributed by atoms with Crippen LogP contribution in [0.5, 0.6) is 0 Å². The Morgan fingerprint density at radius 3 is 1.09 bits per heavy atom. The monoisotopic (exact) mass is 1200 g/mol. The molecule has 4 heterocycles. The second kappa shape index (κ2) is 18.9. The van der Waals surface area contributed by atoms with Gasteiger partial charge >= 0.3 is 0 Å². The molecule has 20 rings (SSSR count). The zero-order chi connectivity index (χ0) is 62.7. The molecule has 0 atom stereocenters. The van der Waals surface area contributed by atoms with E-state index < -0.39 is 0 Å². The first-order chi connectivity index (χ1) is 45.9. The number of hydrogen-bond donors (Lipinski definition) is 0. The zero-order valence-electron chi connectivity index (χ0n) is 53.2. The van der Waals surface area contributed by atoms with Crippen LogP contribution in [0.25, 0.3) is 161 Å². The van der Waals surface area contributed by atoms with E-state index in [0.29, 0.717) is 5.82 Å². The van der Waals surface area contributed by atoms with Crippen molar-refractivity contribution in [1.82, 2.24) is 23.7 Å². The van der Waals surface area contributed by atoms with Crippen LogP contribution in [0.3, 0.4) is 0 Å². The predicted octanol–water partition coefficient (Wildman–Crippen LogP) is 22.8. The van der Waals surface area contributed by atoms with Gasteiger partial charge in [-0.05, 0) is 193 Å². The molecule has 3 aliphatic rings. The van der Waals surface area contributed by atoms with E-state index in [0.717, 1.165) is 55.9 Å². The van der Waals surface area contributed by atoms with Crippen LogP contribution in [0.2, 0.25) is 0 Å². The lowest BCUT2D eigenvalue weighted by Gasteiger charge is -2.21. The van der Waals surface area contributed by atoms with Crippen LogP contribution in [-0.4, -0.2) is 23.7 Å². The second-order valence-electron chi connectivity index (χ2n) is 28.1. The normalized spacial score (nSPS) is 14.5. The van der Waals surface area contributed by atoms with Crippen molar-refractivity contribution in [3.63, 3.8) is 0 Å². The molecule has 0 saturated carbocycles. The summed E-state index contributed by atoms with van der Waals surface area (Å²) in [6, 6.07) is 102. The van der Waals surface area contributed by atoms with Crippen molar-refractivity contribution >= 4 is 76.3 Å². The van der Waals surface area contributed by atoms with E-state index in [2.05, 4.69) is 328 Å². The fourth-order valence-corrected chi connectivity index (χ4v) is 17.3. The van der Waals surface area contributed by atoms with Gasteiger partial charge in [-0.15, -0.1) is 0 Å². The quantitative estimate of drug-likeness (QED) is 0.166. The van der Waals surface area contributed by atoms with Gasteiger partial charge in [0.1, 0.15) is 0 Å². The molecule has 5 nitrogen and oxygen atoms in total. The molecule has 5 heteroatoms. The van der Waals surface area contributed by atoms with E-state index >= 15 is 0 Å². The summed E-state index contributed by atoms with van der Waals surface area (Å²) in [5.74, 6) is 0.674. The predicted molar refractivity (Wildman–Crippen MR) is 392 cm³/mol. The molecule has 4 aromatic heterocycles. The molecular weight excluding hydrogens is 1140 g/mol. The maximum Gasteiger partial charge on any atom is 0.160 e. The first kappa shape index (κ1) is 53.3. The number of benzene rings is 13. The van der Waals surface area contributed by atoms with Crippen molar-refractivity contribution < 1.29 is 0 Å². The molecular formula is C89H63N5. The fourth-order valence-electron chi connectivity index (χ4n) is 17.3. The molecule has 94 heavy (non-hydrogen) atoms. The Bertz CT molecular complexity index is 6180. The molecule has 0 saturated heterocycles. The number of fused-ring (bicyclic) bond motifs is 19. The van der Waals surface area contributed by atoms with Crippen molar-refractivity contribution in [2.45, 2.75) is 57.8 Å². The van der Waals surface area contributed by atoms with Gasteiger partial charge in [-0.3, -0.25) is 0 Å². The van der Waals surface area contributed by atoms with Crippen LogP contribution < -0.4 is 0 Å². The number of nitrogens with zero attached hydrogens (tertiary/aromatic N) is 5. The minimum atomic E-state index is -0.120. The lowest BCUT2D eigenvalue weighted by Crippen LogP contribution is -2.14. The smallest absolute Gasteiger partial charge is 0.160 e. The van der Waals surface area contributed by atoms with E-state index in [1.807, 2.05) is 0 Å². The van der Waals surface area contributed by atoms with Crippen molar-refractivity contribution in [3.05, 3.63) is 306 Å². The van der Waals surface area contributed by atoms with E-state index in [1.54, 1.807) is 0 Å². The highest BCUT2D eigenvalue weighted by molar-refractivity contribution is 6.14. The zero-order valence-corrected chi connectivity index (χ0v) is 53.2. The summed E-state index contributed by atoms with van der Waals surface area (Å²) in [4.78, 5) is 11.2. The van der Waals surface area contributed by atoms with Crippen molar-refractivity contribution in [2.24, 2.45) is 0 Å². The molecule has 0 amide bonds. The summed E-state index contributed by atoms with van der Waals surface area (Å²) >= 11 is 0. The third kappa shape index (κ3) is 7.24. The SMILES string of the molecule is CC1(C)c2ccccc2-c2cc3c(cc21)c1ccccc1n3-c1ccc(-c2ccc3nc(-c4ccc(-n5c6ccccc6c6cc7c(cc65)-c5ccccc5C7(C)C)cc4)nc(-c4cccc(-n5c6ccccc6c6cc7c(cc65)-c5ccccc5C7(C)C)c4)c3c2)cc1. The molecule has 0 aliphatic heterocycles. The molecule has 0 fully saturated rings. The molecule has 0 N–H and O–H groups in total. The van der Waals surface area contributed by atoms with Crippen LogP contribution >= 0.6 is 0 Å². The average Bonchev–Trinajstić information content (AvgIpc) is 1.57. The van der Waals surface area contributed by atoms with Gasteiger partial charge in [0, 0.05) is 82.1 Å². The van der Waals surface area contributed by atoms with E-state index in [-0.39, 0.29) is 16.2 Å². The molecule has 0 unspecified atom stereocenters. The standard InChI is InChI=1S/C89H63N5/c1-87(2)72-28-13-7-22-59(72)65-49-82-68(46-75(65)87)62-25-10-16-31-79(62)92(82)56-39-34-52(35-40-56)54-38-43-78-71(45-54)85(55-20-19-21-58(44-55)94-81-33-18-12-27-64(81)70-48-77-67(51-84(70)94)61-24-9-15-30-74(61)89(77,5)6)91-86(90-78)53-36-41-57(42-37-53)93-80-32-17-11-26-63(80)69-47-76-66(50-83(69)93)60-23-8-14-29-73(60)88(76,3)4/h7-51H,1-6H3. The van der Waals surface area contributed by atoms with Gasteiger partial charge in [0.2, 0.25) is 0 Å². The molecule has 0 spiro atoms. The third-order valence-electron chi connectivity index (χ3n) is 22.0. The Morgan fingerprint density at radius 2 is 0.628 bits per heavy atom. The average molecular weight is 1200 g/mol.